The minimum absolute atomic E-state index is 0.223. The number of nitrogens with one attached hydrogen (secondary N) is 1. The zero-order chi connectivity index (χ0) is 18.6. The van der Waals surface area contributed by atoms with Crippen LogP contribution >= 0.6 is 0 Å². The Labute approximate surface area is 156 Å². The molecule has 0 fully saturated rings. The predicted molar refractivity (Wildman–Crippen MR) is 102 cm³/mol. The molecule has 1 N–H and O–H groups in total. The number of nitriles is 1. The lowest BCUT2D eigenvalue weighted by Crippen LogP contribution is -2.26. The number of rotatable bonds is 4. The molecule has 0 spiro atoms. The number of hydrazone groups is 1. The molecule has 27 heavy (non-hydrogen) atoms. The van der Waals surface area contributed by atoms with Gasteiger partial charge in [0, 0.05) is 11.1 Å². The second kappa shape index (κ2) is 7.14. The maximum absolute atomic E-state index is 12.2. The number of hydrogen-bond donors (Lipinski definition) is 1. The quantitative estimate of drug-likeness (QED) is 0.571. The zero-order valence-electron chi connectivity index (χ0n) is 14.3. The lowest BCUT2D eigenvalue weighted by Gasteiger charge is -2.07. The van der Waals surface area contributed by atoms with E-state index in [1.54, 1.807) is 24.3 Å². The topological polar surface area (TPSA) is 74.5 Å². The van der Waals surface area contributed by atoms with Gasteiger partial charge in [-0.1, -0.05) is 60.7 Å². The highest BCUT2D eigenvalue weighted by Gasteiger charge is 2.24. The third-order valence-electron chi connectivity index (χ3n) is 4.31. The van der Waals surface area contributed by atoms with E-state index in [9.17, 15) is 4.79 Å². The van der Waals surface area contributed by atoms with Gasteiger partial charge in [-0.3, -0.25) is 4.79 Å². The first-order valence-electron chi connectivity index (χ1n) is 8.45. The van der Waals surface area contributed by atoms with Crippen LogP contribution in [0.1, 0.15) is 16.7 Å². The molecule has 1 aliphatic carbocycles. The van der Waals surface area contributed by atoms with Gasteiger partial charge < -0.3 is 4.74 Å². The van der Waals surface area contributed by atoms with E-state index < -0.39 is 5.91 Å². The van der Waals surface area contributed by atoms with Crippen molar-refractivity contribution in [2.45, 2.75) is 0 Å². The molecular formula is C22H15N3O2. The molecule has 3 aromatic rings. The monoisotopic (exact) mass is 353 g/mol. The summed E-state index contributed by atoms with van der Waals surface area (Å²) < 4.78 is 5.44. The molecule has 0 radical (unpaired) electrons. The van der Waals surface area contributed by atoms with Crippen molar-refractivity contribution in [3.8, 4) is 22.9 Å². The summed E-state index contributed by atoms with van der Waals surface area (Å²) >= 11 is 0. The van der Waals surface area contributed by atoms with Crippen LogP contribution in [0.4, 0.5) is 0 Å². The van der Waals surface area contributed by atoms with Gasteiger partial charge in [0.2, 0.25) is 0 Å². The van der Waals surface area contributed by atoms with Crippen LogP contribution in [0.15, 0.2) is 77.9 Å². The summed E-state index contributed by atoms with van der Waals surface area (Å²) in [7, 11) is 0. The highest BCUT2D eigenvalue weighted by molar-refractivity contribution is 6.24. The van der Waals surface area contributed by atoms with Crippen molar-refractivity contribution in [3.05, 3.63) is 89.5 Å². The zero-order valence-corrected chi connectivity index (χ0v) is 14.3. The van der Waals surface area contributed by atoms with E-state index in [2.05, 4.69) is 10.5 Å². The number of carbonyl (C=O) groups is 1. The van der Waals surface area contributed by atoms with Gasteiger partial charge in [0.05, 0.1) is 11.3 Å². The first-order chi connectivity index (χ1) is 13.3. The van der Waals surface area contributed by atoms with Gasteiger partial charge in [-0.2, -0.15) is 10.4 Å². The molecule has 1 amide bonds. The van der Waals surface area contributed by atoms with Crippen LogP contribution in [0.2, 0.25) is 0 Å². The highest BCUT2D eigenvalue weighted by atomic mass is 16.5. The number of carbonyl (C=O) groups excluding carboxylic acids is 1. The van der Waals surface area contributed by atoms with E-state index in [1.165, 1.54) is 0 Å². The van der Waals surface area contributed by atoms with E-state index in [4.69, 9.17) is 10.00 Å². The fourth-order valence-corrected chi connectivity index (χ4v) is 3.09. The summed E-state index contributed by atoms with van der Waals surface area (Å²) in [6.07, 6.45) is 0. The van der Waals surface area contributed by atoms with Gasteiger partial charge in [-0.15, -0.1) is 0 Å². The Bertz CT molecular complexity index is 1050. The number of fused-ring (bicyclic) bond motifs is 3. The maximum Gasteiger partial charge on any atom is 0.277 e. The van der Waals surface area contributed by atoms with Gasteiger partial charge in [0.15, 0.2) is 6.61 Å². The molecule has 0 aliphatic heterocycles. The minimum Gasteiger partial charge on any atom is -0.482 e. The fraction of sp³-hybridized carbons (Fsp3) is 0.0455. The predicted octanol–water partition coefficient (Wildman–Crippen LogP) is 3.49. The van der Waals surface area contributed by atoms with Gasteiger partial charge in [0.25, 0.3) is 5.91 Å². The van der Waals surface area contributed by atoms with Crippen LogP contribution < -0.4 is 10.2 Å². The summed E-state index contributed by atoms with van der Waals surface area (Å²) in [5.41, 5.74) is 7.83. The summed E-state index contributed by atoms with van der Waals surface area (Å²) in [5.74, 6) is -0.0172. The van der Waals surface area contributed by atoms with Crippen molar-refractivity contribution >= 4 is 11.6 Å². The number of ether oxygens (including phenoxy) is 1. The molecule has 4 rings (SSSR count). The third kappa shape index (κ3) is 3.16. The Kier molecular flexibility index (Phi) is 4.38. The Hall–Kier alpha value is -3.91. The highest BCUT2D eigenvalue weighted by Crippen LogP contribution is 2.36. The minimum atomic E-state index is -0.392. The van der Waals surface area contributed by atoms with Crippen molar-refractivity contribution in [2.75, 3.05) is 6.61 Å². The lowest BCUT2D eigenvalue weighted by atomic mass is 10.1. The van der Waals surface area contributed by atoms with E-state index in [0.717, 1.165) is 28.0 Å². The molecule has 0 unspecified atom stereocenters. The van der Waals surface area contributed by atoms with Gasteiger partial charge in [-0.05, 0) is 23.3 Å². The first kappa shape index (κ1) is 16.6. The van der Waals surface area contributed by atoms with E-state index in [1.807, 2.05) is 54.6 Å². The number of para-hydroxylation sites is 1. The summed E-state index contributed by atoms with van der Waals surface area (Å²) in [5, 5.41) is 13.4. The van der Waals surface area contributed by atoms with Crippen molar-refractivity contribution in [3.63, 3.8) is 0 Å². The van der Waals surface area contributed by atoms with Crippen molar-refractivity contribution < 1.29 is 9.53 Å². The average Bonchev–Trinajstić information content (AvgIpc) is 3.05. The lowest BCUT2D eigenvalue weighted by molar-refractivity contribution is -0.123. The Morgan fingerprint density at radius 1 is 0.889 bits per heavy atom. The van der Waals surface area contributed by atoms with Crippen LogP contribution in [0.25, 0.3) is 11.1 Å². The fourth-order valence-electron chi connectivity index (χ4n) is 3.09. The molecule has 0 heterocycles. The number of nitrogens with zero attached hydrogens (tertiary/aromatic N) is 2. The maximum atomic E-state index is 12.2. The largest absolute Gasteiger partial charge is 0.482 e. The number of amides is 1. The van der Waals surface area contributed by atoms with Gasteiger partial charge in [-0.25, -0.2) is 5.43 Å². The summed E-state index contributed by atoms with van der Waals surface area (Å²) in [4.78, 5) is 12.2. The first-order valence-corrected chi connectivity index (χ1v) is 8.45. The molecule has 0 bridgehead atoms. The van der Waals surface area contributed by atoms with Crippen LogP contribution in [-0.2, 0) is 4.79 Å². The average molecular weight is 353 g/mol. The molecule has 0 saturated heterocycles. The van der Waals surface area contributed by atoms with Crippen molar-refractivity contribution in [2.24, 2.45) is 5.10 Å². The van der Waals surface area contributed by atoms with E-state index in [0.29, 0.717) is 11.3 Å². The second-order valence-electron chi connectivity index (χ2n) is 5.98. The molecule has 5 heteroatoms. The van der Waals surface area contributed by atoms with E-state index in [-0.39, 0.29) is 6.61 Å². The molecule has 1 aliphatic rings. The van der Waals surface area contributed by atoms with Crippen molar-refractivity contribution in [1.82, 2.24) is 5.43 Å². The molecule has 0 aromatic heterocycles. The molecule has 0 atom stereocenters. The number of hydrogen-bond acceptors (Lipinski definition) is 4. The van der Waals surface area contributed by atoms with Crippen LogP contribution in [0.3, 0.4) is 0 Å². The Morgan fingerprint density at radius 3 is 2.07 bits per heavy atom. The normalized spacial score (nSPS) is 11.1. The standard InChI is InChI=1S/C22H15N3O2/c23-13-15-7-1-6-12-20(15)27-14-21(26)24-25-22-18-10-4-2-8-16(18)17-9-3-5-11-19(17)22/h1-12H,14H2,(H,24,26). The van der Waals surface area contributed by atoms with Crippen LogP contribution in [-0.4, -0.2) is 18.2 Å². The molecule has 3 aromatic carbocycles. The SMILES string of the molecule is N#Cc1ccccc1OCC(=O)NN=C1c2ccccc2-c2ccccc21. The smallest absolute Gasteiger partial charge is 0.277 e. The molecular weight excluding hydrogens is 338 g/mol. The van der Waals surface area contributed by atoms with Gasteiger partial charge >= 0.3 is 0 Å². The molecule has 0 saturated carbocycles. The van der Waals surface area contributed by atoms with Crippen LogP contribution in [0.5, 0.6) is 5.75 Å². The van der Waals surface area contributed by atoms with Gasteiger partial charge in [0.1, 0.15) is 11.8 Å². The second-order valence-corrected chi connectivity index (χ2v) is 5.98. The summed E-state index contributed by atoms with van der Waals surface area (Å²) in [6.45, 7) is -0.223. The Morgan fingerprint density at radius 2 is 1.44 bits per heavy atom. The summed E-state index contributed by atoms with van der Waals surface area (Å²) in [6, 6.07) is 24.7. The van der Waals surface area contributed by atoms with E-state index >= 15 is 0 Å². The molecule has 130 valence electrons. The number of benzene rings is 3. The third-order valence-corrected chi connectivity index (χ3v) is 4.31. The van der Waals surface area contributed by atoms with Crippen molar-refractivity contribution in [1.29, 1.82) is 5.26 Å². The van der Waals surface area contributed by atoms with Crippen LogP contribution in [0, 0.1) is 11.3 Å². The Balaban J connectivity index is 1.51. The molecule has 5 nitrogen and oxygen atoms in total.